The van der Waals surface area contributed by atoms with Crippen molar-refractivity contribution in [2.75, 3.05) is 0 Å². The van der Waals surface area contributed by atoms with Gasteiger partial charge in [-0.2, -0.15) is 0 Å². The molecule has 13 heavy (non-hydrogen) atoms. The van der Waals surface area contributed by atoms with Gasteiger partial charge in [-0.15, -0.1) is 0 Å². The minimum atomic E-state index is 0.119. The largest absolute Gasteiger partial charge is 0.261 e. The zero-order chi connectivity index (χ0) is 10.1. The fourth-order valence-electron chi connectivity index (χ4n) is 1.12. The van der Waals surface area contributed by atoms with E-state index < -0.39 is 0 Å². The van der Waals surface area contributed by atoms with E-state index in [1.807, 2.05) is 12.3 Å². The average Bonchev–Trinajstić information content (AvgIpc) is 2.04. The van der Waals surface area contributed by atoms with Crippen LogP contribution in [0.15, 0.2) is 24.4 Å². The van der Waals surface area contributed by atoms with E-state index in [-0.39, 0.29) is 10.8 Å². The highest BCUT2D eigenvalue weighted by Crippen LogP contribution is 2.39. The van der Waals surface area contributed by atoms with E-state index in [4.69, 9.17) is 0 Å². The number of hydrogen-bond acceptors (Lipinski definition) is 1. The summed E-state index contributed by atoms with van der Waals surface area (Å²) in [5, 5.41) is 0. The third kappa shape index (κ3) is 1.90. The summed E-state index contributed by atoms with van der Waals surface area (Å²) >= 11 is 0. The van der Waals surface area contributed by atoms with Gasteiger partial charge in [-0.1, -0.05) is 40.7 Å². The second-order valence-corrected chi connectivity index (χ2v) is 5.09. The summed E-state index contributed by atoms with van der Waals surface area (Å²) in [6.07, 6.45) is 1.86. The monoisotopic (exact) mass is 177 g/mol. The van der Waals surface area contributed by atoms with Crippen molar-refractivity contribution in [3.05, 3.63) is 30.1 Å². The molecule has 0 aliphatic rings. The molecule has 0 aliphatic heterocycles. The number of rotatable bonds is 1. The maximum atomic E-state index is 4.42. The van der Waals surface area contributed by atoms with Gasteiger partial charge in [0.1, 0.15) is 0 Å². The molecule has 0 N–H and O–H groups in total. The van der Waals surface area contributed by atoms with Crippen LogP contribution in [0, 0.1) is 5.41 Å². The molecule has 0 saturated heterocycles. The highest BCUT2D eigenvalue weighted by Gasteiger charge is 2.35. The molecule has 1 nitrogen and oxygen atoms in total. The molecule has 0 unspecified atom stereocenters. The lowest BCUT2D eigenvalue weighted by molar-refractivity contribution is 0.220. The van der Waals surface area contributed by atoms with E-state index in [2.05, 4.69) is 51.7 Å². The van der Waals surface area contributed by atoms with Gasteiger partial charge in [-0.05, 0) is 17.5 Å². The first kappa shape index (κ1) is 10.2. The molecular weight excluding hydrogens is 158 g/mol. The first-order valence-corrected chi connectivity index (χ1v) is 4.77. The quantitative estimate of drug-likeness (QED) is 0.640. The third-order valence-electron chi connectivity index (χ3n) is 3.18. The van der Waals surface area contributed by atoms with Crippen LogP contribution in [0.5, 0.6) is 0 Å². The van der Waals surface area contributed by atoms with E-state index >= 15 is 0 Å². The Morgan fingerprint density at radius 3 is 2.00 bits per heavy atom. The molecule has 0 aromatic carbocycles. The van der Waals surface area contributed by atoms with Gasteiger partial charge in [0, 0.05) is 17.3 Å². The molecular formula is C12H19N. The lowest BCUT2D eigenvalue weighted by Crippen LogP contribution is -2.34. The van der Waals surface area contributed by atoms with E-state index in [0.717, 1.165) is 0 Å². The molecule has 0 fully saturated rings. The Balaban J connectivity index is 3.08. The lowest BCUT2D eigenvalue weighted by atomic mass is 9.67. The molecule has 0 aliphatic carbocycles. The Morgan fingerprint density at radius 1 is 1.00 bits per heavy atom. The van der Waals surface area contributed by atoms with Crippen LogP contribution in [-0.2, 0) is 5.41 Å². The molecule has 0 saturated carbocycles. The SMILES string of the molecule is CC(C)(C)C(C)(C)c1ccccn1. The van der Waals surface area contributed by atoms with Crippen molar-refractivity contribution in [2.45, 2.75) is 40.0 Å². The van der Waals surface area contributed by atoms with Gasteiger partial charge < -0.3 is 0 Å². The van der Waals surface area contributed by atoms with Crippen molar-refractivity contribution in [1.82, 2.24) is 4.98 Å². The zero-order valence-corrected chi connectivity index (χ0v) is 9.26. The summed E-state index contributed by atoms with van der Waals surface area (Å²) in [5.41, 5.74) is 1.53. The van der Waals surface area contributed by atoms with Crippen molar-refractivity contribution >= 4 is 0 Å². The molecule has 1 aromatic heterocycles. The van der Waals surface area contributed by atoms with Gasteiger partial charge in [0.05, 0.1) is 0 Å². The topological polar surface area (TPSA) is 12.9 Å². The molecule has 1 rings (SSSR count). The average molecular weight is 177 g/mol. The predicted molar refractivity (Wildman–Crippen MR) is 56.7 cm³/mol. The van der Waals surface area contributed by atoms with E-state index in [1.165, 1.54) is 5.69 Å². The van der Waals surface area contributed by atoms with Gasteiger partial charge in [0.15, 0.2) is 0 Å². The van der Waals surface area contributed by atoms with Crippen LogP contribution in [-0.4, -0.2) is 4.98 Å². The minimum absolute atomic E-state index is 0.119. The number of pyridine rings is 1. The fourth-order valence-corrected chi connectivity index (χ4v) is 1.12. The standard InChI is InChI=1S/C12H19N/c1-11(2,3)12(4,5)10-8-6-7-9-13-10/h6-9H,1-5H3. The predicted octanol–water partition coefficient (Wildman–Crippen LogP) is 3.41. The molecule has 1 heterocycles. The normalized spacial score (nSPS) is 13.0. The summed E-state index contributed by atoms with van der Waals surface area (Å²) in [6, 6.07) is 6.11. The van der Waals surface area contributed by atoms with Gasteiger partial charge in [0.25, 0.3) is 0 Å². The Labute approximate surface area is 81.2 Å². The third-order valence-corrected chi connectivity index (χ3v) is 3.18. The smallest absolute Gasteiger partial charge is 0.0465 e. The Morgan fingerprint density at radius 2 is 1.62 bits per heavy atom. The lowest BCUT2D eigenvalue weighted by Gasteiger charge is -2.38. The molecule has 1 aromatic rings. The summed E-state index contributed by atoms with van der Waals surface area (Å²) in [5.74, 6) is 0. The van der Waals surface area contributed by atoms with Crippen molar-refractivity contribution in [1.29, 1.82) is 0 Å². The molecule has 0 radical (unpaired) electrons. The molecule has 0 atom stereocenters. The first-order valence-electron chi connectivity index (χ1n) is 4.77. The first-order chi connectivity index (χ1) is 5.86. The van der Waals surface area contributed by atoms with Crippen LogP contribution in [0.4, 0.5) is 0 Å². The van der Waals surface area contributed by atoms with Crippen LogP contribution in [0.2, 0.25) is 0 Å². The fraction of sp³-hybridized carbons (Fsp3) is 0.583. The van der Waals surface area contributed by atoms with Crippen LogP contribution >= 0.6 is 0 Å². The molecule has 0 bridgehead atoms. The van der Waals surface area contributed by atoms with Gasteiger partial charge in [-0.3, -0.25) is 4.98 Å². The van der Waals surface area contributed by atoms with E-state index in [1.54, 1.807) is 0 Å². The Hall–Kier alpha value is -0.850. The minimum Gasteiger partial charge on any atom is -0.261 e. The van der Waals surface area contributed by atoms with Crippen LogP contribution in [0.3, 0.4) is 0 Å². The number of aromatic nitrogens is 1. The van der Waals surface area contributed by atoms with Crippen molar-refractivity contribution in [3.8, 4) is 0 Å². The zero-order valence-electron chi connectivity index (χ0n) is 9.26. The van der Waals surface area contributed by atoms with Crippen molar-refractivity contribution in [2.24, 2.45) is 5.41 Å². The van der Waals surface area contributed by atoms with E-state index in [0.29, 0.717) is 0 Å². The van der Waals surface area contributed by atoms with Crippen LogP contribution in [0.1, 0.15) is 40.3 Å². The molecule has 0 spiro atoms. The number of hydrogen-bond donors (Lipinski definition) is 0. The number of nitrogens with zero attached hydrogens (tertiary/aromatic N) is 1. The highest BCUT2D eigenvalue weighted by atomic mass is 14.7. The maximum absolute atomic E-state index is 4.42. The second-order valence-electron chi connectivity index (χ2n) is 5.09. The molecule has 72 valence electrons. The second kappa shape index (κ2) is 3.13. The van der Waals surface area contributed by atoms with Gasteiger partial charge in [-0.25, -0.2) is 0 Å². The summed E-state index contributed by atoms with van der Waals surface area (Å²) in [4.78, 5) is 4.42. The van der Waals surface area contributed by atoms with Crippen molar-refractivity contribution < 1.29 is 0 Å². The van der Waals surface area contributed by atoms with Crippen LogP contribution in [0.25, 0.3) is 0 Å². The van der Waals surface area contributed by atoms with Gasteiger partial charge in [0.2, 0.25) is 0 Å². The molecule has 0 amide bonds. The summed E-state index contributed by atoms with van der Waals surface area (Å²) in [6.45, 7) is 11.2. The maximum Gasteiger partial charge on any atom is 0.0465 e. The van der Waals surface area contributed by atoms with Gasteiger partial charge >= 0.3 is 0 Å². The van der Waals surface area contributed by atoms with Crippen molar-refractivity contribution in [3.63, 3.8) is 0 Å². The Kier molecular flexibility index (Phi) is 2.47. The summed E-state index contributed by atoms with van der Waals surface area (Å²) in [7, 11) is 0. The highest BCUT2D eigenvalue weighted by molar-refractivity contribution is 5.17. The van der Waals surface area contributed by atoms with Crippen LogP contribution < -0.4 is 0 Å². The Bertz CT molecular complexity index is 267. The van der Waals surface area contributed by atoms with E-state index in [9.17, 15) is 0 Å². The molecule has 1 heteroatoms. The summed E-state index contributed by atoms with van der Waals surface area (Å²) < 4.78 is 0.